The Kier molecular flexibility index (Phi) is 6.39. The Morgan fingerprint density at radius 2 is 2.20 bits per heavy atom. The van der Waals surface area contributed by atoms with Crippen molar-refractivity contribution < 1.29 is 17.9 Å². The molecule has 1 N–H and O–H groups in total. The van der Waals surface area contributed by atoms with Crippen LogP contribution in [0, 0.1) is 0 Å². The van der Waals surface area contributed by atoms with Crippen LogP contribution in [0.3, 0.4) is 0 Å². The molecule has 2 aliphatic rings. The third-order valence-electron chi connectivity index (χ3n) is 5.76. The van der Waals surface area contributed by atoms with E-state index in [4.69, 9.17) is 16.3 Å². The topological polar surface area (TPSA) is 75.7 Å². The van der Waals surface area contributed by atoms with Crippen LogP contribution in [0.25, 0.3) is 11.1 Å². The van der Waals surface area contributed by atoms with Gasteiger partial charge in [0.05, 0.1) is 23.1 Å². The first-order valence-electron chi connectivity index (χ1n) is 10.00. The lowest BCUT2D eigenvalue weighted by molar-refractivity contribution is -0.121. The molecule has 9 heteroatoms. The number of thiophene rings is 1. The van der Waals surface area contributed by atoms with Gasteiger partial charge in [-0.1, -0.05) is 11.6 Å². The Hall–Kier alpha value is -1.61. The molecule has 1 fully saturated rings. The summed E-state index contributed by atoms with van der Waals surface area (Å²) >= 11 is 8.07. The van der Waals surface area contributed by atoms with Crippen molar-refractivity contribution in [3.8, 4) is 16.9 Å². The number of fused-ring (bicyclic) bond motifs is 1. The van der Waals surface area contributed by atoms with Gasteiger partial charge >= 0.3 is 0 Å². The molecule has 30 heavy (non-hydrogen) atoms. The number of halogens is 1. The molecule has 6 nitrogen and oxygen atoms in total. The molecule has 2 aliphatic heterocycles. The van der Waals surface area contributed by atoms with E-state index in [0.717, 1.165) is 16.7 Å². The van der Waals surface area contributed by atoms with E-state index < -0.39 is 9.84 Å². The van der Waals surface area contributed by atoms with Gasteiger partial charge in [-0.25, -0.2) is 8.42 Å². The maximum atomic E-state index is 12.3. The predicted molar refractivity (Wildman–Crippen MR) is 120 cm³/mol. The summed E-state index contributed by atoms with van der Waals surface area (Å²) in [6.45, 7) is 0.951. The van der Waals surface area contributed by atoms with Crippen molar-refractivity contribution in [1.29, 1.82) is 0 Å². The SMILES string of the molecule is CN(CCC(=O)NC[C@H]1Cc2cc(-c3ccsc3)cc(Cl)c2O1)[C@H]1CCS(=O)(=O)C1. The molecule has 1 amide bonds. The molecule has 0 aliphatic carbocycles. The lowest BCUT2D eigenvalue weighted by atomic mass is 10.0. The van der Waals surface area contributed by atoms with Gasteiger partial charge in [0.25, 0.3) is 0 Å². The third-order valence-corrected chi connectivity index (χ3v) is 8.47. The predicted octanol–water partition coefficient (Wildman–Crippen LogP) is 3.00. The monoisotopic (exact) mass is 468 g/mol. The number of hydrogen-bond acceptors (Lipinski definition) is 6. The van der Waals surface area contributed by atoms with E-state index in [0.29, 0.717) is 43.1 Å². The van der Waals surface area contributed by atoms with Crippen molar-refractivity contribution in [3.05, 3.63) is 39.5 Å². The Balaban J connectivity index is 1.25. The molecule has 162 valence electrons. The molecule has 2 aromatic rings. The highest BCUT2D eigenvalue weighted by molar-refractivity contribution is 7.91. The van der Waals surface area contributed by atoms with Crippen molar-refractivity contribution in [1.82, 2.24) is 10.2 Å². The zero-order chi connectivity index (χ0) is 21.3. The lowest BCUT2D eigenvalue weighted by Crippen LogP contribution is -2.38. The van der Waals surface area contributed by atoms with Crippen LogP contribution in [-0.4, -0.2) is 63.0 Å². The molecular weight excluding hydrogens is 444 g/mol. The first kappa shape index (κ1) is 21.6. The van der Waals surface area contributed by atoms with E-state index in [1.54, 1.807) is 11.3 Å². The highest BCUT2D eigenvalue weighted by atomic mass is 35.5. The number of sulfone groups is 1. The number of ether oxygens (including phenoxy) is 1. The van der Waals surface area contributed by atoms with E-state index >= 15 is 0 Å². The van der Waals surface area contributed by atoms with Crippen molar-refractivity contribution in [3.63, 3.8) is 0 Å². The smallest absolute Gasteiger partial charge is 0.221 e. The standard InChI is InChI=1S/C21H25ClN2O4S2/c1-24(17-4-7-30(26,27)13-17)5-2-20(25)23-11-18-9-16-8-15(14-3-6-29-12-14)10-19(22)21(16)28-18/h3,6,8,10,12,17-18H,2,4-5,7,9,11,13H2,1H3,(H,23,25)/t17-,18+/m0/s1. The van der Waals surface area contributed by atoms with Crippen molar-refractivity contribution in [2.75, 3.05) is 31.6 Å². The summed E-state index contributed by atoms with van der Waals surface area (Å²) < 4.78 is 29.2. The lowest BCUT2D eigenvalue weighted by Gasteiger charge is -2.22. The summed E-state index contributed by atoms with van der Waals surface area (Å²) in [4.78, 5) is 14.2. The number of carbonyl (C=O) groups is 1. The summed E-state index contributed by atoms with van der Waals surface area (Å²) in [7, 11) is -1.04. The van der Waals surface area contributed by atoms with Gasteiger partial charge in [0, 0.05) is 31.0 Å². The number of benzene rings is 1. The summed E-state index contributed by atoms with van der Waals surface area (Å²) in [5.41, 5.74) is 3.27. The fourth-order valence-electron chi connectivity index (χ4n) is 4.00. The molecule has 1 saturated heterocycles. The van der Waals surface area contributed by atoms with E-state index in [1.807, 2.05) is 23.4 Å². The molecule has 0 saturated carbocycles. The second kappa shape index (κ2) is 8.86. The molecule has 0 unspecified atom stereocenters. The van der Waals surface area contributed by atoms with Gasteiger partial charge in [-0.05, 0) is 53.6 Å². The summed E-state index contributed by atoms with van der Waals surface area (Å²) in [5.74, 6) is 1.07. The van der Waals surface area contributed by atoms with Crippen molar-refractivity contribution >= 4 is 38.7 Å². The molecule has 0 radical (unpaired) electrons. The maximum absolute atomic E-state index is 12.3. The van der Waals surface area contributed by atoms with Gasteiger partial charge in [0.1, 0.15) is 11.9 Å². The fourth-order valence-corrected chi connectivity index (χ4v) is 6.75. The van der Waals surface area contributed by atoms with Gasteiger partial charge in [-0.3, -0.25) is 4.79 Å². The average molecular weight is 469 g/mol. The van der Waals surface area contributed by atoms with Crippen molar-refractivity contribution in [2.45, 2.75) is 31.4 Å². The van der Waals surface area contributed by atoms with Gasteiger partial charge in [0.2, 0.25) is 5.91 Å². The van der Waals surface area contributed by atoms with Crippen LogP contribution in [0.2, 0.25) is 5.02 Å². The van der Waals surface area contributed by atoms with E-state index in [-0.39, 0.29) is 29.6 Å². The minimum absolute atomic E-state index is 0.00929. The Bertz CT molecular complexity index is 1020. The first-order valence-corrected chi connectivity index (χ1v) is 13.1. The van der Waals surface area contributed by atoms with Gasteiger partial charge in [-0.2, -0.15) is 11.3 Å². The van der Waals surface area contributed by atoms with Crippen LogP contribution in [-0.2, 0) is 21.1 Å². The van der Waals surface area contributed by atoms with Gasteiger partial charge in [-0.15, -0.1) is 0 Å². The summed E-state index contributed by atoms with van der Waals surface area (Å²) in [6, 6.07) is 6.10. The van der Waals surface area contributed by atoms with Gasteiger partial charge in [0.15, 0.2) is 9.84 Å². The van der Waals surface area contributed by atoms with Gasteiger partial charge < -0.3 is 15.0 Å². The largest absolute Gasteiger partial charge is 0.486 e. The van der Waals surface area contributed by atoms with Crippen LogP contribution in [0.1, 0.15) is 18.4 Å². The molecule has 0 bridgehead atoms. The number of nitrogens with zero attached hydrogens (tertiary/aromatic N) is 1. The number of nitrogens with one attached hydrogen (secondary N) is 1. The number of hydrogen-bond donors (Lipinski definition) is 1. The highest BCUT2D eigenvalue weighted by Crippen LogP contribution is 2.39. The van der Waals surface area contributed by atoms with Crippen LogP contribution in [0.5, 0.6) is 5.75 Å². The Morgan fingerprint density at radius 1 is 1.37 bits per heavy atom. The fraction of sp³-hybridized carbons (Fsp3) is 0.476. The molecule has 4 rings (SSSR count). The Labute approximate surface area is 186 Å². The van der Waals surface area contributed by atoms with Crippen LogP contribution in [0.4, 0.5) is 0 Å². The number of rotatable bonds is 7. The molecule has 2 atom stereocenters. The molecule has 0 spiro atoms. The van der Waals surface area contributed by atoms with Crippen molar-refractivity contribution in [2.24, 2.45) is 0 Å². The minimum atomic E-state index is -2.92. The first-order chi connectivity index (χ1) is 14.3. The van der Waals surface area contributed by atoms with E-state index in [2.05, 4.69) is 22.8 Å². The number of carbonyl (C=O) groups excluding carboxylic acids is 1. The molecule has 1 aromatic heterocycles. The second-order valence-corrected chi connectivity index (χ2v) is 11.4. The highest BCUT2D eigenvalue weighted by Gasteiger charge is 2.31. The minimum Gasteiger partial charge on any atom is -0.486 e. The van der Waals surface area contributed by atoms with Crippen LogP contribution >= 0.6 is 22.9 Å². The summed E-state index contributed by atoms with van der Waals surface area (Å²) in [5, 5.41) is 7.65. The van der Waals surface area contributed by atoms with Crippen LogP contribution < -0.4 is 10.1 Å². The zero-order valence-electron chi connectivity index (χ0n) is 16.8. The average Bonchev–Trinajstić information content (AvgIpc) is 3.43. The van der Waals surface area contributed by atoms with E-state index in [9.17, 15) is 13.2 Å². The molecule has 1 aromatic carbocycles. The number of amides is 1. The quantitative estimate of drug-likeness (QED) is 0.676. The second-order valence-electron chi connectivity index (χ2n) is 7.99. The molecule has 3 heterocycles. The van der Waals surface area contributed by atoms with Crippen LogP contribution in [0.15, 0.2) is 29.0 Å². The molecular formula is C21H25ClN2O4S2. The zero-order valence-corrected chi connectivity index (χ0v) is 19.2. The normalized spacial score (nSPS) is 22.1. The Morgan fingerprint density at radius 3 is 2.90 bits per heavy atom. The summed E-state index contributed by atoms with van der Waals surface area (Å²) in [6.07, 6.45) is 1.53. The maximum Gasteiger partial charge on any atom is 0.221 e. The van der Waals surface area contributed by atoms with E-state index in [1.165, 1.54) is 0 Å². The third kappa shape index (κ3) is 4.99.